The molecule has 0 aromatic heterocycles. The number of benzene rings is 2. The average Bonchev–Trinajstić information content (AvgIpc) is 2.38. The number of para-hydroxylation sites is 2. The van der Waals surface area contributed by atoms with E-state index in [0.717, 1.165) is 11.3 Å². The van der Waals surface area contributed by atoms with Crippen molar-refractivity contribution in [3.63, 3.8) is 0 Å². The minimum Gasteiger partial charge on any atom is -0.631 e. The predicted octanol–water partition coefficient (Wildman–Crippen LogP) is 3.76. The highest BCUT2D eigenvalue weighted by atomic mass is 35.5. The van der Waals surface area contributed by atoms with E-state index >= 15 is 0 Å². The van der Waals surface area contributed by atoms with Gasteiger partial charge in [0.05, 0.1) is 11.3 Å². The second-order valence-corrected chi connectivity index (χ2v) is 5.50. The molecule has 0 saturated heterocycles. The van der Waals surface area contributed by atoms with Gasteiger partial charge in [-0.2, -0.15) is 0 Å². The van der Waals surface area contributed by atoms with Crippen LogP contribution in [-0.4, -0.2) is 16.0 Å². The third-order valence-electron chi connectivity index (χ3n) is 2.84. The summed E-state index contributed by atoms with van der Waals surface area (Å²) in [6, 6.07) is 17.4. The van der Waals surface area contributed by atoms with Gasteiger partial charge >= 0.3 is 5.31 Å². The maximum atomic E-state index is 6.30. The van der Waals surface area contributed by atoms with Crippen LogP contribution in [0.4, 0.5) is 5.69 Å². The fourth-order valence-electron chi connectivity index (χ4n) is 1.99. The van der Waals surface area contributed by atoms with Gasteiger partial charge in [-0.05, 0) is 12.1 Å². The molecule has 90 valence electrons. The average molecular weight is 278 g/mol. The second kappa shape index (κ2) is 4.34. The minimum atomic E-state index is -2.13. The summed E-state index contributed by atoms with van der Waals surface area (Å²) in [5.74, 6) is 0.703. The lowest BCUT2D eigenvalue weighted by Gasteiger charge is -2.31. The maximum Gasteiger partial charge on any atom is 0.638 e. The van der Waals surface area contributed by atoms with Crippen LogP contribution in [0, 0.1) is 0 Å². The topological polar surface area (TPSA) is 12.2 Å². The van der Waals surface area contributed by atoms with E-state index in [9.17, 15) is 0 Å². The molecule has 1 aliphatic rings. The number of rotatable bonds is 1. The van der Waals surface area contributed by atoms with Gasteiger partial charge in [0.15, 0.2) is 5.69 Å². The van der Waals surface area contributed by atoms with Gasteiger partial charge in [-0.3, -0.25) is 0 Å². The Labute approximate surface area is 115 Å². The van der Waals surface area contributed by atoms with Crippen LogP contribution in [0.2, 0.25) is 0 Å². The van der Waals surface area contributed by atoms with Crippen LogP contribution in [0.1, 0.15) is 5.56 Å². The molecule has 0 fully saturated rings. The lowest BCUT2D eigenvalue weighted by Crippen LogP contribution is -2.44. The molecule has 0 aliphatic carbocycles. The van der Waals surface area contributed by atoms with Gasteiger partial charge in [-0.1, -0.05) is 30.3 Å². The quantitative estimate of drug-likeness (QED) is 0.723. The molecule has 1 aliphatic heterocycles. The lowest BCUT2D eigenvalue weighted by molar-refractivity contribution is -0.297. The highest BCUT2D eigenvalue weighted by Gasteiger charge is 2.41. The van der Waals surface area contributed by atoms with E-state index in [0.29, 0.717) is 5.75 Å². The van der Waals surface area contributed by atoms with Crippen molar-refractivity contribution in [1.29, 1.82) is 0 Å². The Hall–Kier alpha value is -1.45. The fraction of sp³-hybridized carbons (Fsp3) is 0. The predicted molar refractivity (Wildman–Crippen MR) is 76.1 cm³/mol. The zero-order valence-electron chi connectivity index (χ0n) is 9.46. The van der Waals surface area contributed by atoms with Gasteiger partial charge < -0.3 is 9.14 Å². The Morgan fingerprint density at radius 2 is 1.56 bits per heavy atom. The third-order valence-corrected chi connectivity index (χ3v) is 3.44. The van der Waals surface area contributed by atoms with Crippen molar-refractivity contribution in [2.45, 2.75) is 0 Å². The molecule has 0 radical (unpaired) electrons. The Morgan fingerprint density at radius 1 is 0.889 bits per heavy atom. The summed E-state index contributed by atoms with van der Waals surface area (Å²) >= 11 is 12.6. The number of hydrogen-bond acceptors (Lipinski definition) is 1. The first-order valence-corrected chi connectivity index (χ1v) is 6.52. The number of fused-ring (bicyclic) bond motifs is 1. The van der Waals surface area contributed by atoms with E-state index in [-0.39, 0.29) is 0 Å². The summed E-state index contributed by atoms with van der Waals surface area (Å²) in [5, 5.41) is -2.13. The van der Waals surface area contributed by atoms with Gasteiger partial charge in [0.1, 0.15) is 6.21 Å². The molecule has 0 atom stereocenters. The zero-order chi connectivity index (χ0) is 12.6. The standard InChI is InChI=1S/C13H10BCl2NO/c15-14(16)17(12-7-2-1-3-8-12)10-11-6-4-5-9-13(11)18-14/h1-10H. The van der Waals surface area contributed by atoms with Gasteiger partial charge in [-0.15, -0.1) is 0 Å². The molecule has 3 rings (SSSR count). The molecule has 1 heterocycles. The molecule has 0 amide bonds. The molecule has 0 unspecified atom stereocenters. The van der Waals surface area contributed by atoms with Crippen LogP contribution in [-0.2, 0) is 0 Å². The molecule has 0 spiro atoms. The SMILES string of the molecule is Cl[B-]1(Cl)Oc2ccccc2C=[N+]1c1ccccc1. The lowest BCUT2D eigenvalue weighted by atomic mass is 10.0. The second-order valence-electron chi connectivity index (χ2n) is 4.09. The van der Waals surface area contributed by atoms with Crippen LogP contribution < -0.4 is 4.65 Å². The van der Waals surface area contributed by atoms with Crippen molar-refractivity contribution in [2.24, 2.45) is 0 Å². The first kappa shape index (κ1) is 11.6. The third kappa shape index (κ3) is 2.00. The van der Waals surface area contributed by atoms with Crippen LogP contribution >= 0.6 is 22.9 Å². The van der Waals surface area contributed by atoms with Crippen molar-refractivity contribution in [2.75, 3.05) is 0 Å². The monoisotopic (exact) mass is 277 g/mol. The Balaban J connectivity index is 2.16. The summed E-state index contributed by atoms with van der Waals surface area (Å²) in [6.45, 7) is 0. The van der Waals surface area contributed by atoms with Gasteiger partial charge in [0.25, 0.3) is 0 Å². The summed E-state index contributed by atoms with van der Waals surface area (Å²) < 4.78 is 7.43. The number of halogens is 2. The molecule has 18 heavy (non-hydrogen) atoms. The zero-order valence-corrected chi connectivity index (χ0v) is 11.0. The first-order chi connectivity index (χ1) is 8.67. The molecular weight excluding hydrogens is 268 g/mol. The van der Waals surface area contributed by atoms with E-state index in [1.54, 1.807) is 4.49 Å². The van der Waals surface area contributed by atoms with Crippen molar-refractivity contribution < 1.29 is 9.14 Å². The van der Waals surface area contributed by atoms with E-state index in [2.05, 4.69) is 0 Å². The molecule has 2 aromatic rings. The van der Waals surface area contributed by atoms with Crippen molar-refractivity contribution >= 4 is 40.1 Å². The molecule has 2 nitrogen and oxygen atoms in total. The maximum absolute atomic E-state index is 6.30. The van der Waals surface area contributed by atoms with Crippen molar-refractivity contribution in [3.05, 3.63) is 60.2 Å². The Bertz CT molecular complexity index is 613. The molecule has 5 heteroatoms. The fourth-order valence-corrected chi connectivity index (χ4v) is 2.52. The highest BCUT2D eigenvalue weighted by molar-refractivity contribution is 7.39. The molecular formula is C13H10BCl2NO. The number of nitrogens with zero attached hydrogens (tertiary/aromatic N) is 1. The summed E-state index contributed by atoms with van der Waals surface area (Å²) in [4.78, 5) is 0. The normalized spacial score (nSPS) is 16.4. The van der Waals surface area contributed by atoms with Crippen LogP contribution in [0.5, 0.6) is 5.75 Å². The van der Waals surface area contributed by atoms with Gasteiger partial charge in [0.2, 0.25) is 0 Å². The van der Waals surface area contributed by atoms with Crippen molar-refractivity contribution in [1.82, 2.24) is 0 Å². The summed E-state index contributed by atoms with van der Waals surface area (Å²) in [6.07, 6.45) is 1.91. The van der Waals surface area contributed by atoms with Gasteiger partial charge in [0, 0.05) is 12.1 Å². The van der Waals surface area contributed by atoms with E-state index in [1.165, 1.54) is 0 Å². The number of hydrogen-bond donors (Lipinski definition) is 0. The Morgan fingerprint density at radius 3 is 2.33 bits per heavy atom. The van der Waals surface area contributed by atoms with Crippen molar-refractivity contribution in [3.8, 4) is 5.75 Å². The van der Waals surface area contributed by atoms with E-state index < -0.39 is 5.31 Å². The smallest absolute Gasteiger partial charge is 0.631 e. The molecule has 0 N–H and O–H groups in total. The van der Waals surface area contributed by atoms with E-state index in [4.69, 9.17) is 27.6 Å². The summed E-state index contributed by atoms with van der Waals surface area (Å²) in [7, 11) is 0. The Kier molecular flexibility index (Phi) is 2.81. The highest BCUT2D eigenvalue weighted by Crippen LogP contribution is 2.33. The summed E-state index contributed by atoms with van der Waals surface area (Å²) in [5.41, 5.74) is 1.86. The van der Waals surface area contributed by atoms with Crippen LogP contribution in [0.3, 0.4) is 0 Å². The molecule has 2 aromatic carbocycles. The molecule has 0 bridgehead atoms. The minimum absolute atomic E-state index is 0.703. The van der Waals surface area contributed by atoms with E-state index in [1.807, 2.05) is 60.8 Å². The molecule has 0 saturated carbocycles. The largest absolute Gasteiger partial charge is 0.638 e. The first-order valence-electron chi connectivity index (χ1n) is 5.64. The van der Waals surface area contributed by atoms with Gasteiger partial charge in [-0.25, -0.2) is 22.9 Å². The van der Waals surface area contributed by atoms with Crippen LogP contribution in [0.25, 0.3) is 0 Å². The van der Waals surface area contributed by atoms with Crippen LogP contribution in [0.15, 0.2) is 54.6 Å².